The number of hydrogen-bond acceptors (Lipinski definition) is 3. The molecule has 0 bridgehead atoms. The summed E-state index contributed by atoms with van der Waals surface area (Å²) < 4.78 is 1.48. The second-order valence-electron chi connectivity index (χ2n) is 6.63. The SMILES string of the molecule is CC(C)(C)C(=O)n1c(NC(=O)c2ccccc2)nc2ccccc21. The number of benzene rings is 2. The number of hydrogen-bond donors (Lipinski definition) is 1. The molecule has 0 radical (unpaired) electrons. The molecule has 1 aromatic heterocycles. The van der Waals surface area contributed by atoms with Gasteiger partial charge in [0.1, 0.15) is 0 Å². The Hall–Kier alpha value is -2.95. The summed E-state index contributed by atoms with van der Waals surface area (Å²) in [7, 11) is 0. The van der Waals surface area contributed by atoms with Crippen molar-refractivity contribution in [2.75, 3.05) is 5.32 Å². The van der Waals surface area contributed by atoms with Gasteiger partial charge < -0.3 is 0 Å². The van der Waals surface area contributed by atoms with Crippen LogP contribution >= 0.6 is 0 Å². The highest BCUT2D eigenvalue weighted by Crippen LogP contribution is 2.26. The molecule has 5 heteroatoms. The molecular weight excluding hydrogens is 302 g/mol. The van der Waals surface area contributed by atoms with Gasteiger partial charge in [0.05, 0.1) is 11.0 Å². The van der Waals surface area contributed by atoms with Crippen molar-refractivity contribution in [3.63, 3.8) is 0 Å². The van der Waals surface area contributed by atoms with E-state index in [1.807, 2.05) is 51.1 Å². The van der Waals surface area contributed by atoms with Crippen LogP contribution in [0.1, 0.15) is 35.9 Å². The molecule has 0 spiro atoms. The second kappa shape index (κ2) is 5.92. The predicted molar refractivity (Wildman–Crippen MR) is 94.2 cm³/mol. The molecule has 3 aromatic rings. The lowest BCUT2D eigenvalue weighted by Gasteiger charge is -2.19. The van der Waals surface area contributed by atoms with Crippen LogP contribution in [-0.2, 0) is 0 Å². The summed E-state index contributed by atoms with van der Waals surface area (Å²) >= 11 is 0. The Morgan fingerprint density at radius 2 is 1.58 bits per heavy atom. The summed E-state index contributed by atoms with van der Waals surface area (Å²) in [6.07, 6.45) is 0. The molecule has 0 fully saturated rings. The lowest BCUT2D eigenvalue weighted by molar-refractivity contribution is 0.0774. The van der Waals surface area contributed by atoms with Gasteiger partial charge in [-0.2, -0.15) is 0 Å². The molecule has 0 atom stereocenters. The molecule has 0 saturated carbocycles. The standard InChI is InChI=1S/C19H19N3O2/c1-19(2,3)17(24)22-15-12-8-7-11-14(15)20-18(22)21-16(23)13-9-5-4-6-10-13/h4-12H,1-3H3,(H,20,21,23). The quantitative estimate of drug-likeness (QED) is 0.776. The maximum atomic E-state index is 12.9. The maximum absolute atomic E-state index is 12.9. The number of rotatable bonds is 2. The van der Waals surface area contributed by atoms with Crippen LogP contribution in [0.2, 0.25) is 0 Å². The van der Waals surface area contributed by atoms with Crippen molar-refractivity contribution in [3.05, 3.63) is 60.2 Å². The smallest absolute Gasteiger partial charge is 0.257 e. The van der Waals surface area contributed by atoms with Crippen LogP contribution in [0.15, 0.2) is 54.6 Å². The third-order valence-electron chi connectivity index (χ3n) is 3.67. The summed E-state index contributed by atoms with van der Waals surface area (Å²) in [6, 6.07) is 16.2. The molecule has 0 saturated heterocycles. The van der Waals surface area contributed by atoms with Gasteiger partial charge in [-0.05, 0) is 24.3 Å². The molecule has 1 heterocycles. The van der Waals surface area contributed by atoms with Crippen molar-refractivity contribution in [1.82, 2.24) is 9.55 Å². The number of anilines is 1. The Labute approximate surface area is 140 Å². The molecule has 24 heavy (non-hydrogen) atoms. The molecule has 0 aliphatic heterocycles. The number of para-hydroxylation sites is 2. The third-order valence-corrected chi connectivity index (χ3v) is 3.67. The minimum atomic E-state index is -0.601. The van der Waals surface area contributed by atoms with Gasteiger partial charge in [0, 0.05) is 11.0 Å². The summed E-state index contributed by atoms with van der Waals surface area (Å²) in [4.78, 5) is 29.7. The Balaban J connectivity index is 2.07. The average molecular weight is 321 g/mol. The topological polar surface area (TPSA) is 64.0 Å². The first-order valence-electron chi connectivity index (χ1n) is 7.76. The summed E-state index contributed by atoms with van der Waals surface area (Å²) in [6.45, 7) is 5.52. The Morgan fingerprint density at radius 1 is 0.958 bits per heavy atom. The van der Waals surface area contributed by atoms with Crippen molar-refractivity contribution in [1.29, 1.82) is 0 Å². The van der Waals surface area contributed by atoms with E-state index in [9.17, 15) is 9.59 Å². The highest BCUT2D eigenvalue weighted by molar-refractivity contribution is 6.06. The number of nitrogens with one attached hydrogen (secondary N) is 1. The first kappa shape index (κ1) is 15.9. The number of carbonyl (C=O) groups excluding carboxylic acids is 2. The van der Waals surface area contributed by atoms with Gasteiger partial charge in [0.15, 0.2) is 0 Å². The molecule has 1 N–H and O–H groups in total. The van der Waals surface area contributed by atoms with E-state index in [2.05, 4.69) is 10.3 Å². The Bertz CT molecular complexity index is 905. The Morgan fingerprint density at radius 3 is 2.25 bits per heavy atom. The number of carbonyl (C=O) groups is 2. The van der Waals surface area contributed by atoms with Crippen LogP contribution in [0, 0.1) is 5.41 Å². The van der Waals surface area contributed by atoms with Crippen LogP contribution in [0.5, 0.6) is 0 Å². The average Bonchev–Trinajstić information content (AvgIpc) is 2.91. The molecule has 1 amide bonds. The zero-order valence-corrected chi connectivity index (χ0v) is 13.9. The summed E-state index contributed by atoms with van der Waals surface area (Å²) in [5.74, 6) is -0.182. The minimum Gasteiger partial charge on any atom is -0.291 e. The number of nitrogens with zero attached hydrogens (tertiary/aromatic N) is 2. The highest BCUT2D eigenvalue weighted by Gasteiger charge is 2.28. The first-order chi connectivity index (χ1) is 11.4. The van der Waals surface area contributed by atoms with Crippen molar-refractivity contribution >= 4 is 28.8 Å². The zero-order valence-electron chi connectivity index (χ0n) is 13.9. The van der Waals surface area contributed by atoms with E-state index in [-0.39, 0.29) is 17.8 Å². The van der Waals surface area contributed by atoms with Crippen LogP contribution in [0.3, 0.4) is 0 Å². The molecule has 2 aromatic carbocycles. The highest BCUT2D eigenvalue weighted by atomic mass is 16.2. The summed E-state index contributed by atoms with van der Waals surface area (Å²) in [5, 5.41) is 2.76. The molecule has 0 aliphatic carbocycles. The third kappa shape index (κ3) is 2.93. The van der Waals surface area contributed by atoms with E-state index in [0.717, 1.165) is 0 Å². The first-order valence-corrected chi connectivity index (χ1v) is 7.76. The monoisotopic (exact) mass is 321 g/mol. The van der Waals surface area contributed by atoms with Gasteiger partial charge in [-0.25, -0.2) is 9.55 Å². The zero-order chi connectivity index (χ0) is 17.3. The van der Waals surface area contributed by atoms with E-state index in [1.165, 1.54) is 4.57 Å². The van der Waals surface area contributed by atoms with E-state index in [4.69, 9.17) is 0 Å². The molecule has 0 unspecified atom stereocenters. The molecule has 3 rings (SSSR count). The van der Waals surface area contributed by atoms with Crippen LogP contribution in [0.25, 0.3) is 11.0 Å². The van der Waals surface area contributed by atoms with E-state index >= 15 is 0 Å². The molecule has 0 aliphatic rings. The molecular formula is C19H19N3O2. The van der Waals surface area contributed by atoms with Crippen LogP contribution < -0.4 is 5.32 Å². The van der Waals surface area contributed by atoms with Crippen molar-refractivity contribution < 1.29 is 9.59 Å². The minimum absolute atomic E-state index is 0.125. The van der Waals surface area contributed by atoms with Gasteiger partial charge in [-0.15, -0.1) is 0 Å². The van der Waals surface area contributed by atoms with E-state index < -0.39 is 5.41 Å². The Kier molecular flexibility index (Phi) is 3.93. The second-order valence-corrected chi connectivity index (χ2v) is 6.63. The van der Waals surface area contributed by atoms with E-state index in [1.54, 1.807) is 24.3 Å². The number of fused-ring (bicyclic) bond motifs is 1. The lowest BCUT2D eigenvalue weighted by atomic mass is 9.95. The largest absolute Gasteiger partial charge is 0.291 e. The van der Waals surface area contributed by atoms with E-state index in [0.29, 0.717) is 16.6 Å². The van der Waals surface area contributed by atoms with Gasteiger partial charge >= 0.3 is 0 Å². The van der Waals surface area contributed by atoms with Crippen molar-refractivity contribution in [3.8, 4) is 0 Å². The van der Waals surface area contributed by atoms with Crippen molar-refractivity contribution in [2.45, 2.75) is 20.8 Å². The maximum Gasteiger partial charge on any atom is 0.257 e. The number of aromatic nitrogens is 2. The fourth-order valence-electron chi connectivity index (χ4n) is 2.41. The fraction of sp³-hybridized carbons (Fsp3) is 0.211. The number of amides is 1. The fourth-order valence-corrected chi connectivity index (χ4v) is 2.41. The molecule has 122 valence electrons. The van der Waals surface area contributed by atoms with Gasteiger partial charge in [0.25, 0.3) is 5.91 Å². The van der Waals surface area contributed by atoms with Gasteiger partial charge in [0.2, 0.25) is 11.9 Å². The van der Waals surface area contributed by atoms with Crippen LogP contribution in [0.4, 0.5) is 5.95 Å². The number of imidazole rings is 1. The lowest BCUT2D eigenvalue weighted by Crippen LogP contribution is -2.29. The van der Waals surface area contributed by atoms with Crippen LogP contribution in [-0.4, -0.2) is 21.4 Å². The van der Waals surface area contributed by atoms with Crippen molar-refractivity contribution in [2.24, 2.45) is 5.41 Å². The van der Waals surface area contributed by atoms with Gasteiger partial charge in [-0.1, -0.05) is 51.1 Å². The molecule has 5 nitrogen and oxygen atoms in total. The predicted octanol–water partition coefficient (Wildman–Crippen LogP) is 3.97. The normalized spacial score (nSPS) is 11.5. The summed E-state index contributed by atoms with van der Waals surface area (Å²) in [5.41, 5.74) is 1.26. The van der Waals surface area contributed by atoms with Gasteiger partial charge in [-0.3, -0.25) is 14.9 Å².